The Bertz CT molecular complexity index is 1580. The molecular formula is C30H29F2N7O4. The van der Waals surface area contributed by atoms with E-state index in [4.69, 9.17) is 4.74 Å². The second-order valence-electron chi connectivity index (χ2n) is 9.27. The minimum Gasteiger partial charge on any atom is -0.454 e. The Morgan fingerprint density at radius 3 is 2.53 bits per heavy atom. The molecule has 222 valence electrons. The van der Waals surface area contributed by atoms with Crippen molar-refractivity contribution in [3.05, 3.63) is 109 Å². The summed E-state index contributed by atoms with van der Waals surface area (Å²) >= 11 is 0. The molecule has 2 aromatic heterocycles. The summed E-state index contributed by atoms with van der Waals surface area (Å²) in [6.45, 7) is 5.02. The van der Waals surface area contributed by atoms with Gasteiger partial charge in [0.15, 0.2) is 11.6 Å². The van der Waals surface area contributed by atoms with Crippen molar-refractivity contribution >= 4 is 29.4 Å². The molecule has 4 N–H and O–H groups in total. The number of pyridine rings is 1. The number of amides is 4. The SMILES string of the molecule is C=C(Cn1cccn1)C(=O)NCCCNc1cc(Oc2ccc(NC(=O)NC(=O)Cc3ccc(F)cc3)cc2F)ccn1. The first-order valence-corrected chi connectivity index (χ1v) is 13.2. The number of ether oxygens (including phenoxy) is 1. The van der Waals surface area contributed by atoms with Gasteiger partial charge in [-0.2, -0.15) is 5.10 Å². The van der Waals surface area contributed by atoms with Crippen LogP contribution >= 0.6 is 0 Å². The highest BCUT2D eigenvalue weighted by Gasteiger charge is 2.12. The van der Waals surface area contributed by atoms with E-state index >= 15 is 0 Å². The molecule has 0 bridgehead atoms. The first kappa shape index (κ1) is 30.4. The number of halogens is 2. The van der Waals surface area contributed by atoms with E-state index in [0.29, 0.717) is 48.8 Å². The van der Waals surface area contributed by atoms with Crippen LogP contribution in [0, 0.1) is 11.6 Å². The lowest BCUT2D eigenvalue weighted by atomic mass is 10.1. The van der Waals surface area contributed by atoms with Gasteiger partial charge in [-0.05, 0) is 48.4 Å². The van der Waals surface area contributed by atoms with Gasteiger partial charge in [0.05, 0.1) is 13.0 Å². The van der Waals surface area contributed by atoms with Crippen LogP contribution in [0.25, 0.3) is 0 Å². The fourth-order valence-corrected chi connectivity index (χ4v) is 3.77. The van der Waals surface area contributed by atoms with Gasteiger partial charge in [0.2, 0.25) is 11.8 Å². The topological polar surface area (TPSA) is 139 Å². The van der Waals surface area contributed by atoms with E-state index < -0.39 is 23.6 Å². The smallest absolute Gasteiger partial charge is 0.325 e. The summed E-state index contributed by atoms with van der Waals surface area (Å²) in [6.07, 6.45) is 5.37. The Morgan fingerprint density at radius 1 is 0.977 bits per heavy atom. The van der Waals surface area contributed by atoms with Crippen LogP contribution in [-0.2, 0) is 22.6 Å². The summed E-state index contributed by atoms with van der Waals surface area (Å²) in [5.41, 5.74) is 1.03. The van der Waals surface area contributed by atoms with Crippen LogP contribution < -0.4 is 26.0 Å². The lowest BCUT2D eigenvalue weighted by Gasteiger charge is -2.11. The van der Waals surface area contributed by atoms with Crippen molar-refractivity contribution in [2.24, 2.45) is 0 Å². The van der Waals surface area contributed by atoms with Gasteiger partial charge in [-0.3, -0.25) is 19.6 Å². The Kier molecular flexibility index (Phi) is 10.5. The summed E-state index contributed by atoms with van der Waals surface area (Å²) in [5.74, 6) is -1.30. The number of benzene rings is 2. The second-order valence-corrected chi connectivity index (χ2v) is 9.27. The van der Waals surface area contributed by atoms with Gasteiger partial charge in [-0.1, -0.05) is 18.7 Å². The van der Waals surface area contributed by atoms with Crippen LogP contribution in [0.4, 0.5) is 25.1 Å². The molecule has 13 heteroatoms. The summed E-state index contributed by atoms with van der Waals surface area (Å²) in [7, 11) is 0. The third-order valence-electron chi connectivity index (χ3n) is 5.86. The van der Waals surface area contributed by atoms with E-state index in [2.05, 4.69) is 37.9 Å². The average Bonchev–Trinajstić information content (AvgIpc) is 3.48. The highest BCUT2D eigenvalue weighted by molar-refractivity contribution is 6.01. The lowest BCUT2D eigenvalue weighted by molar-refractivity contribution is -0.119. The predicted octanol–water partition coefficient (Wildman–Crippen LogP) is 4.41. The highest BCUT2D eigenvalue weighted by Crippen LogP contribution is 2.27. The van der Waals surface area contributed by atoms with Crippen molar-refractivity contribution < 1.29 is 27.9 Å². The zero-order valence-corrected chi connectivity index (χ0v) is 23.0. The fourth-order valence-electron chi connectivity index (χ4n) is 3.77. The van der Waals surface area contributed by atoms with Crippen molar-refractivity contribution in [1.29, 1.82) is 0 Å². The quantitative estimate of drug-likeness (QED) is 0.134. The van der Waals surface area contributed by atoms with E-state index in [1.807, 2.05) is 0 Å². The van der Waals surface area contributed by atoms with Crippen LogP contribution in [-0.4, -0.2) is 45.7 Å². The van der Waals surface area contributed by atoms with E-state index in [0.717, 1.165) is 6.07 Å². The van der Waals surface area contributed by atoms with Crippen LogP contribution in [0.15, 0.2) is 91.4 Å². The molecular weight excluding hydrogens is 560 g/mol. The summed E-state index contributed by atoms with van der Waals surface area (Å²) in [6, 6.07) is 13.2. The third-order valence-corrected chi connectivity index (χ3v) is 5.86. The number of hydrogen-bond donors (Lipinski definition) is 4. The van der Waals surface area contributed by atoms with E-state index in [9.17, 15) is 23.2 Å². The number of hydrogen-bond acceptors (Lipinski definition) is 7. The molecule has 2 heterocycles. The van der Waals surface area contributed by atoms with Gasteiger partial charge in [0.25, 0.3) is 0 Å². The number of nitrogens with zero attached hydrogens (tertiary/aromatic N) is 3. The molecule has 4 amide bonds. The van der Waals surface area contributed by atoms with E-state index in [1.165, 1.54) is 42.6 Å². The largest absolute Gasteiger partial charge is 0.454 e. The normalized spacial score (nSPS) is 10.5. The monoisotopic (exact) mass is 589 g/mol. The second kappa shape index (κ2) is 14.9. The van der Waals surface area contributed by atoms with Crippen molar-refractivity contribution in [3.8, 4) is 11.5 Å². The first-order chi connectivity index (χ1) is 20.7. The van der Waals surface area contributed by atoms with Gasteiger partial charge < -0.3 is 20.7 Å². The zero-order valence-electron chi connectivity index (χ0n) is 23.0. The van der Waals surface area contributed by atoms with Crippen LogP contribution in [0.5, 0.6) is 11.5 Å². The highest BCUT2D eigenvalue weighted by atomic mass is 19.1. The standard InChI is InChI=1S/C30H29F2N7O4/c1-20(19-39-15-3-13-36-39)29(41)35-12-2-11-33-27-18-24(10-14-34-27)43-26-9-8-23(17-25(26)32)37-30(42)38-28(40)16-21-4-6-22(31)7-5-21/h3-10,13-15,17-18H,1-2,11-12,16,19H2,(H,33,34)(H,35,41)(H2,37,38,40,42). The molecule has 4 rings (SSSR count). The van der Waals surface area contributed by atoms with E-state index in [-0.39, 0.29) is 23.8 Å². The van der Waals surface area contributed by atoms with Crippen LogP contribution in [0.2, 0.25) is 0 Å². The summed E-state index contributed by atoms with van der Waals surface area (Å²) in [5, 5.41) is 14.5. The van der Waals surface area contributed by atoms with Gasteiger partial charge in [-0.25, -0.2) is 18.6 Å². The number of carbonyl (C=O) groups excluding carboxylic acids is 3. The molecule has 0 aliphatic rings. The number of carbonyl (C=O) groups is 3. The van der Waals surface area contributed by atoms with Crippen LogP contribution in [0.1, 0.15) is 12.0 Å². The molecule has 43 heavy (non-hydrogen) atoms. The molecule has 0 atom stereocenters. The van der Waals surface area contributed by atoms with Crippen molar-refractivity contribution in [3.63, 3.8) is 0 Å². The van der Waals surface area contributed by atoms with Crippen molar-refractivity contribution in [1.82, 2.24) is 25.4 Å². The minimum absolute atomic E-state index is 0.0893. The molecule has 4 aromatic rings. The molecule has 0 fully saturated rings. The van der Waals surface area contributed by atoms with Gasteiger partial charge in [-0.15, -0.1) is 0 Å². The first-order valence-electron chi connectivity index (χ1n) is 13.2. The van der Waals surface area contributed by atoms with Crippen molar-refractivity contribution in [2.75, 3.05) is 23.7 Å². The average molecular weight is 590 g/mol. The van der Waals surface area contributed by atoms with E-state index in [1.54, 1.807) is 35.3 Å². The molecule has 0 aliphatic heterocycles. The van der Waals surface area contributed by atoms with Gasteiger partial charge >= 0.3 is 6.03 Å². The number of imide groups is 1. The fraction of sp³-hybridized carbons (Fsp3) is 0.167. The molecule has 2 aromatic carbocycles. The maximum atomic E-state index is 14.7. The molecule has 11 nitrogen and oxygen atoms in total. The molecule has 0 saturated carbocycles. The van der Waals surface area contributed by atoms with Crippen LogP contribution in [0.3, 0.4) is 0 Å². The Hall–Kier alpha value is -5.59. The zero-order chi connectivity index (χ0) is 30.6. The molecule has 0 aliphatic carbocycles. The summed E-state index contributed by atoms with van der Waals surface area (Å²) < 4.78 is 35.0. The summed E-state index contributed by atoms with van der Waals surface area (Å²) in [4.78, 5) is 40.6. The molecule has 0 unspecified atom stereocenters. The number of anilines is 2. The number of aromatic nitrogens is 3. The maximum absolute atomic E-state index is 14.7. The maximum Gasteiger partial charge on any atom is 0.325 e. The lowest BCUT2D eigenvalue weighted by Crippen LogP contribution is -2.35. The molecule has 0 spiro atoms. The number of nitrogens with one attached hydrogen (secondary N) is 4. The van der Waals surface area contributed by atoms with Gasteiger partial charge in [0.1, 0.15) is 17.4 Å². The Balaban J connectivity index is 1.19. The predicted molar refractivity (Wildman–Crippen MR) is 155 cm³/mol. The van der Waals surface area contributed by atoms with Crippen molar-refractivity contribution in [2.45, 2.75) is 19.4 Å². The molecule has 0 saturated heterocycles. The number of urea groups is 1. The minimum atomic E-state index is -0.844. The van der Waals surface area contributed by atoms with Gasteiger partial charge in [0, 0.05) is 55.1 Å². The Morgan fingerprint density at radius 2 is 1.79 bits per heavy atom. The molecule has 0 radical (unpaired) electrons. The number of rotatable bonds is 13. The third kappa shape index (κ3) is 9.78. The Labute approximate surface area is 246 Å².